The van der Waals surface area contributed by atoms with Gasteiger partial charge in [-0.2, -0.15) is 0 Å². The van der Waals surface area contributed by atoms with Crippen LogP contribution in [-0.4, -0.2) is 20.3 Å². The Hall–Kier alpha value is -1.22. The predicted molar refractivity (Wildman–Crippen MR) is 73.2 cm³/mol. The van der Waals surface area contributed by atoms with Crippen LogP contribution in [0.25, 0.3) is 0 Å². The summed E-state index contributed by atoms with van der Waals surface area (Å²) in [6.07, 6.45) is 4.11. The summed E-state index contributed by atoms with van der Waals surface area (Å²) >= 11 is 0. The molecule has 1 unspecified atom stereocenters. The molecule has 1 fully saturated rings. The van der Waals surface area contributed by atoms with Gasteiger partial charge in [-0.15, -0.1) is 0 Å². The zero-order valence-corrected chi connectivity index (χ0v) is 11.5. The number of methoxy groups -OCH3 is 2. The van der Waals surface area contributed by atoms with Gasteiger partial charge in [0.2, 0.25) is 0 Å². The van der Waals surface area contributed by atoms with Gasteiger partial charge in [-0.1, -0.05) is 25.0 Å². The highest BCUT2D eigenvalue weighted by atomic mass is 16.5. The van der Waals surface area contributed by atoms with Crippen molar-refractivity contribution in [3.05, 3.63) is 23.8 Å². The Labute approximate surface area is 109 Å². The Balaban J connectivity index is 1.94. The van der Waals surface area contributed by atoms with Crippen LogP contribution in [0.1, 0.15) is 31.7 Å². The first-order valence-electron chi connectivity index (χ1n) is 6.67. The minimum Gasteiger partial charge on any atom is -0.493 e. The normalized spacial score (nSPS) is 16.4. The molecular weight excluding hydrogens is 226 g/mol. The highest BCUT2D eigenvalue weighted by Crippen LogP contribution is 2.34. The lowest BCUT2D eigenvalue weighted by Gasteiger charge is -2.16. The first-order chi connectivity index (χ1) is 8.74. The van der Waals surface area contributed by atoms with Gasteiger partial charge in [0.15, 0.2) is 11.5 Å². The second-order valence-electron chi connectivity index (χ2n) is 5.11. The van der Waals surface area contributed by atoms with Gasteiger partial charge in [-0.3, -0.25) is 0 Å². The molecule has 3 heteroatoms. The van der Waals surface area contributed by atoms with E-state index in [0.29, 0.717) is 6.04 Å². The second kappa shape index (κ2) is 6.10. The standard InChI is InChI=1S/C15H23NO2/c1-11(9-12-7-8-12)16-10-13-5-4-6-14(17-2)15(13)18-3/h4-6,11-12,16H,7-10H2,1-3H3. The molecule has 1 atom stereocenters. The van der Waals surface area contributed by atoms with E-state index in [1.54, 1.807) is 14.2 Å². The molecule has 0 radical (unpaired) electrons. The summed E-state index contributed by atoms with van der Waals surface area (Å²) in [7, 11) is 3.36. The summed E-state index contributed by atoms with van der Waals surface area (Å²) in [5.41, 5.74) is 1.15. The summed E-state index contributed by atoms with van der Waals surface area (Å²) in [4.78, 5) is 0. The van der Waals surface area contributed by atoms with Crippen LogP contribution in [0, 0.1) is 5.92 Å². The molecule has 1 N–H and O–H groups in total. The smallest absolute Gasteiger partial charge is 0.165 e. The van der Waals surface area contributed by atoms with E-state index >= 15 is 0 Å². The molecule has 1 aliphatic carbocycles. The van der Waals surface area contributed by atoms with Crippen molar-refractivity contribution in [2.45, 2.75) is 38.8 Å². The molecule has 0 bridgehead atoms. The number of para-hydroxylation sites is 1. The van der Waals surface area contributed by atoms with Crippen molar-refractivity contribution >= 4 is 0 Å². The maximum atomic E-state index is 5.43. The van der Waals surface area contributed by atoms with E-state index in [1.165, 1.54) is 19.3 Å². The Kier molecular flexibility index (Phi) is 4.48. The minimum atomic E-state index is 0.563. The van der Waals surface area contributed by atoms with Crippen LogP contribution in [0.4, 0.5) is 0 Å². The van der Waals surface area contributed by atoms with Crippen molar-refractivity contribution in [3.8, 4) is 11.5 Å². The SMILES string of the molecule is COc1cccc(CNC(C)CC2CC2)c1OC. The lowest BCUT2D eigenvalue weighted by molar-refractivity contribution is 0.349. The Morgan fingerprint density at radius 3 is 2.67 bits per heavy atom. The van der Waals surface area contributed by atoms with Crippen molar-refractivity contribution in [1.82, 2.24) is 5.32 Å². The zero-order chi connectivity index (χ0) is 13.0. The van der Waals surface area contributed by atoms with Crippen molar-refractivity contribution in [2.24, 2.45) is 5.92 Å². The molecule has 1 aromatic rings. The molecule has 0 heterocycles. The number of benzene rings is 1. The van der Waals surface area contributed by atoms with Crippen LogP contribution >= 0.6 is 0 Å². The molecule has 0 aromatic heterocycles. The van der Waals surface area contributed by atoms with E-state index in [9.17, 15) is 0 Å². The van der Waals surface area contributed by atoms with Gasteiger partial charge in [0.25, 0.3) is 0 Å². The molecule has 0 spiro atoms. The summed E-state index contributed by atoms with van der Waals surface area (Å²) in [6.45, 7) is 3.08. The highest BCUT2D eigenvalue weighted by molar-refractivity contribution is 5.46. The number of nitrogens with one attached hydrogen (secondary N) is 1. The minimum absolute atomic E-state index is 0.563. The third kappa shape index (κ3) is 3.39. The van der Waals surface area contributed by atoms with Crippen LogP contribution in [-0.2, 0) is 6.54 Å². The average Bonchev–Trinajstić information content (AvgIpc) is 3.19. The highest BCUT2D eigenvalue weighted by Gasteiger charge is 2.23. The number of hydrogen-bond acceptors (Lipinski definition) is 3. The predicted octanol–water partition coefficient (Wildman–Crippen LogP) is 2.98. The molecule has 3 nitrogen and oxygen atoms in total. The number of ether oxygens (including phenoxy) is 2. The molecule has 2 rings (SSSR count). The second-order valence-corrected chi connectivity index (χ2v) is 5.11. The average molecular weight is 249 g/mol. The van der Waals surface area contributed by atoms with E-state index in [-0.39, 0.29) is 0 Å². The van der Waals surface area contributed by atoms with E-state index < -0.39 is 0 Å². The maximum Gasteiger partial charge on any atom is 0.165 e. The van der Waals surface area contributed by atoms with Gasteiger partial charge >= 0.3 is 0 Å². The maximum absolute atomic E-state index is 5.43. The largest absolute Gasteiger partial charge is 0.493 e. The third-order valence-electron chi connectivity index (χ3n) is 3.51. The van der Waals surface area contributed by atoms with Gasteiger partial charge in [0.1, 0.15) is 0 Å². The lowest BCUT2D eigenvalue weighted by atomic mass is 10.1. The molecule has 100 valence electrons. The summed E-state index contributed by atoms with van der Waals surface area (Å²) in [5.74, 6) is 2.59. The van der Waals surface area contributed by atoms with Crippen LogP contribution < -0.4 is 14.8 Å². The zero-order valence-electron chi connectivity index (χ0n) is 11.5. The monoisotopic (exact) mass is 249 g/mol. The third-order valence-corrected chi connectivity index (χ3v) is 3.51. The number of rotatable bonds is 7. The van der Waals surface area contributed by atoms with Crippen molar-refractivity contribution in [2.75, 3.05) is 14.2 Å². The van der Waals surface area contributed by atoms with Gasteiger partial charge in [-0.05, 0) is 25.3 Å². The van der Waals surface area contributed by atoms with E-state index in [4.69, 9.17) is 9.47 Å². The van der Waals surface area contributed by atoms with E-state index in [0.717, 1.165) is 29.5 Å². The molecule has 1 aliphatic rings. The lowest BCUT2D eigenvalue weighted by Crippen LogP contribution is -2.26. The Bertz CT molecular complexity index is 388. The van der Waals surface area contributed by atoms with Crippen molar-refractivity contribution in [1.29, 1.82) is 0 Å². The van der Waals surface area contributed by atoms with Crippen molar-refractivity contribution in [3.63, 3.8) is 0 Å². The Morgan fingerprint density at radius 2 is 2.06 bits per heavy atom. The van der Waals surface area contributed by atoms with Gasteiger partial charge in [-0.25, -0.2) is 0 Å². The van der Waals surface area contributed by atoms with Crippen LogP contribution in [0.5, 0.6) is 11.5 Å². The fourth-order valence-electron chi connectivity index (χ4n) is 2.31. The summed E-state index contributed by atoms with van der Waals surface area (Å²) < 4.78 is 10.7. The van der Waals surface area contributed by atoms with Gasteiger partial charge in [0, 0.05) is 18.2 Å². The van der Waals surface area contributed by atoms with Gasteiger partial charge in [0.05, 0.1) is 14.2 Å². The van der Waals surface area contributed by atoms with Crippen LogP contribution in [0.15, 0.2) is 18.2 Å². The molecule has 1 aromatic carbocycles. The molecule has 1 saturated carbocycles. The molecule has 18 heavy (non-hydrogen) atoms. The summed E-state index contributed by atoms with van der Waals surface area (Å²) in [6, 6.07) is 6.58. The first-order valence-corrected chi connectivity index (χ1v) is 6.67. The van der Waals surface area contributed by atoms with Crippen LogP contribution in [0.2, 0.25) is 0 Å². The number of hydrogen-bond donors (Lipinski definition) is 1. The fourth-order valence-corrected chi connectivity index (χ4v) is 2.31. The van der Waals surface area contributed by atoms with Gasteiger partial charge < -0.3 is 14.8 Å². The quantitative estimate of drug-likeness (QED) is 0.806. The molecular formula is C15H23NO2. The fraction of sp³-hybridized carbons (Fsp3) is 0.600. The molecule has 0 amide bonds. The molecule has 0 aliphatic heterocycles. The topological polar surface area (TPSA) is 30.5 Å². The first kappa shape index (κ1) is 13.2. The van der Waals surface area contributed by atoms with Crippen LogP contribution in [0.3, 0.4) is 0 Å². The van der Waals surface area contributed by atoms with Crippen molar-refractivity contribution < 1.29 is 9.47 Å². The molecule has 0 saturated heterocycles. The summed E-state index contributed by atoms with van der Waals surface area (Å²) in [5, 5.41) is 3.56. The Morgan fingerprint density at radius 1 is 1.28 bits per heavy atom. The van der Waals surface area contributed by atoms with E-state index in [1.807, 2.05) is 12.1 Å². The van der Waals surface area contributed by atoms with E-state index in [2.05, 4.69) is 18.3 Å².